The summed E-state index contributed by atoms with van der Waals surface area (Å²) in [6.45, 7) is 0. The molecule has 2 atom stereocenters. The maximum atomic E-state index is 12.5. The predicted octanol–water partition coefficient (Wildman–Crippen LogP) is 3.64. The molecule has 0 spiro atoms. The average molecular weight is 344 g/mol. The van der Waals surface area contributed by atoms with E-state index in [9.17, 15) is 9.59 Å². The van der Waals surface area contributed by atoms with Crippen molar-refractivity contribution in [2.75, 3.05) is 14.2 Å². The molecule has 0 bridgehead atoms. The summed E-state index contributed by atoms with van der Waals surface area (Å²) in [6, 6.07) is 7.97. The van der Waals surface area contributed by atoms with Crippen molar-refractivity contribution >= 4 is 43.6 Å². The van der Waals surface area contributed by atoms with Gasteiger partial charge in [-0.1, -0.05) is 12.1 Å². The normalized spacial score (nSPS) is 20.1. The van der Waals surface area contributed by atoms with Gasteiger partial charge in [-0.25, -0.2) is 0 Å². The van der Waals surface area contributed by atoms with E-state index < -0.39 is 17.8 Å². The number of furan rings is 1. The van der Waals surface area contributed by atoms with Crippen molar-refractivity contribution in [3.05, 3.63) is 35.6 Å². The summed E-state index contributed by atoms with van der Waals surface area (Å²) < 4.78 is 18.0. The third kappa shape index (κ3) is 2.06. The number of hydrogen-bond donors (Lipinski definition) is 0. The number of rotatable bonds is 2. The number of carbonyl (C=O) groups is 2. The molecule has 0 amide bonds. The molecule has 6 heteroatoms. The van der Waals surface area contributed by atoms with E-state index in [0.29, 0.717) is 12.8 Å². The fraction of sp³-hybridized carbons (Fsp3) is 0.333. The number of methoxy groups -OCH3 is 2. The van der Waals surface area contributed by atoms with Gasteiger partial charge in [-0.05, 0) is 18.6 Å². The molecule has 0 fully saturated rings. The van der Waals surface area contributed by atoms with E-state index in [-0.39, 0.29) is 5.97 Å². The minimum Gasteiger partial charge on any atom is -0.469 e. The van der Waals surface area contributed by atoms with E-state index in [4.69, 9.17) is 13.9 Å². The number of carbonyl (C=O) groups excluding carboxylic acids is 2. The molecule has 2 aromatic heterocycles. The summed E-state index contributed by atoms with van der Waals surface area (Å²) in [5, 5.41) is 1.03. The van der Waals surface area contributed by atoms with E-state index in [2.05, 4.69) is 0 Å². The molecule has 0 radical (unpaired) electrons. The molecule has 0 unspecified atom stereocenters. The molecule has 124 valence electrons. The molecule has 1 aromatic carbocycles. The van der Waals surface area contributed by atoms with Gasteiger partial charge in [0.15, 0.2) is 5.58 Å². The van der Waals surface area contributed by atoms with Gasteiger partial charge in [0.05, 0.1) is 30.8 Å². The van der Waals surface area contributed by atoms with Crippen LogP contribution < -0.4 is 0 Å². The summed E-state index contributed by atoms with van der Waals surface area (Å²) in [5.74, 6) is -1.25. The Hall–Kier alpha value is -2.34. The van der Waals surface area contributed by atoms with E-state index >= 15 is 0 Å². The Morgan fingerprint density at radius 2 is 1.92 bits per heavy atom. The molecular formula is C18H16O5S. The van der Waals surface area contributed by atoms with Crippen molar-refractivity contribution in [1.29, 1.82) is 0 Å². The smallest absolute Gasteiger partial charge is 0.314 e. The first-order valence-electron chi connectivity index (χ1n) is 7.74. The van der Waals surface area contributed by atoms with E-state index in [0.717, 1.165) is 31.7 Å². The summed E-state index contributed by atoms with van der Waals surface area (Å²) in [5.41, 5.74) is 1.58. The molecule has 2 heterocycles. The van der Waals surface area contributed by atoms with Crippen LogP contribution >= 0.6 is 11.3 Å². The standard InChI is InChI=1S/C18H16O5S/c1-21-17(19)10-7-8-11-14(13(10)18(20)22-2)16-15(23-11)9-5-3-4-6-12(9)24-16/h3-6,10,13H,7-8H2,1-2H3/t10-,13-/m0/s1. The van der Waals surface area contributed by atoms with Gasteiger partial charge in [-0.15, -0.1) is 11.3 Å². The van der Waals surface area contributed by atoms with Crippen LogP contribution in [0, 0.1) is 5.92 Å². The summed E-state index contributed by atoms with van der Waals surface area (Å²) >= 11 is 1.58. The van der Waals surface area contributed by atoms with Crippen LogP contribution in [0.3, 0.4) is 0 Å². The molecule has 1 aliphatic rings. The Kier molecular flexibility index (Phi) is 3.57. The lowest BCUT2D eigenvalue weighted by Crippen LogP contribution is -2.33. The highest BCUT2D eigenvalue weighted by atomic mass is 32.1. The van der Waals surface area contributed by atoms with Crippen LogP contribution in [0.1, 0.15) is 23.7 Å². The van der Waals surface area contributed by atoms with Gasteiger partial charge < -0.3 is 13.9 Å². The van der Waals surface area contributed by atoms with Crippen molar-refractivity contribution in [2.24, 2.45) is 5.92 Å². The second-order valence-electron chi connectivity index (χ2n) is 5.86. The van der Waals surface area contributed by atoms with Crippen LogP contribution in [0.4, 0.5) is 0 Å². The second kappa shape index (κ2) is 5.63. The highest BCUT2D eigenvalue weighted by Crippen LogP contribution is 2.48. The van der Waals surface area contributed by atoms with Gasteiger partial charge >= 0.3 is 11.9 Å². The predicted molar refractivity (Wildman–Crippen MR) is 90.2 cm³/mol. The lowest BCUT2D eigenvalue weighted by Gasteiger charge is -2.27. The van der Waals surface area contributed by atoms with Crippen molar-refractivity contribution in [3.8, 4) is 0 Å². The lowest BCUT2D eigenvalue weighted by atomic mass is 9.78. The molecule has 24 heavy (non-hydrogen) atoms. The molecule has 3 aromatic rings. The van der Waals surface area contributed by atoms with Crippen LogP contribution in [0.2, 0.25) is 0 Å². The maximum absolute atomic E-state index is 12.5. The highest BCUT2D eigenvalue weighted by molar-refractivity contribution is 7.26. The van der Waals surface area contributed by atoms with E-state index in [1.54, 1.807) is 11.3 Å². The zero-order chi connectivity index (χ0) is 16.8. The van der Waals surface area contributed by atoms with Gasteiger partial charge in [0, 0.05) is 22.1 Å². The van der Waals surface area contributed by atoms with Crippen molar-refractivity contribution in [3.63, 3.8) is 0 Å². The first kappa shape index (κ1) is 15.2. The number of benzene rings is 1. The minimum absolute atomic E-state index is 0.383. The Morgan fingerprint density at radius 1 is 1.17 bits per heavy atom. The van der Waals surface area contributed by atoms with E-state index in [1.165, 1.54) is 14.2 Å². The number of fused-ring (bicyclic) bond motifs is 5. The third-order valence-electron chi connectivity index (χ3n) is 4.68. The lowest BCUT2D eigenvalue weighted by molar-refractivity contribution is -0.154. The largest absolute Gasteiger partial charge is 0.469 e. The zero-order valence-corrected chi connectivity index (χ0v) is 14.1. The van der Waals surface area contributed by atoms with Crippen LogP contribution in [0.25, 0.3) is 20.4 Å². The zero-order valence-electron chi connectivity index (χ0n) is 13.3. The molecule has 0 saturated heterocycles. The number of esters is 2. The number of ether oxygens (including phenoxy) is 2. The number of hydrogen-bond acceptors (Lipinski definition) is 6. The van der Waals surface area contributed by atoms with Gasteiger partial charge in [-0.2, -0.15) is 0 Å². The fourth-order valence-corrected chi connectivity index (χ4v) is 4.81. The molecule has 0 N–H and O–H groups in total. The van der Waals surface area contributed by atoms with Gasteiger partial charge in [0.2, 0.25) is 0 Å². The quantitative estimate of drug-likeness (QED) is 0.664. The van der Waals surface area contributed by atoms with Gasteiger partial charge in [0.1, 0.15) is 5.76 Å². The first-order valence-corrected chi connectivity index (χ1v) is 8.55. The molecule has 5 nitrogen and oxygen atoms in total. The Balaban J connectivity index is 1.97. The van der Waals surface area contributed by atoms with Crippen LogP contribution in [-0.2, 0) is 25.5 Å². The Bertz CT molecular complexity index is 951. The van der Waals surface area contributed by atoms with Gasteiger partial charge in [0.25, 0.3) is 0 Å². The maximum Gasteiger partial charge on any atom is 0.314 e. The third-order valence-corrected chi connectivity index (χ3v) is 5.86. The second-order valence-corrected chi connectivity index (χ2v) is 6.92. The topological polar surface area (TPSA) is 65.7 Å². The number of thiophene rings is 1. The fourth-order valence-electron chi connectivity index (χ4n) is 3.57. The first-order chi connectivity index (χ1) is 11.7. The van der Waals surface area contributed by atoms with Gasteiger partial charge in [-0.3, -0.25) is 9.59 Å². The van der Waals surface area contributed by atoms with Crippen LogP contribution in [0.15, 0.2) is 28.7 Å². The Labute approximate surface area is 142 Å². The van der Waals surface area contributed by atoms with Crippen molar-refractivity contribution in [2.45, 2.75) is 18.8 Å². The monoisotopic (exact) mass is 344 g/mol. The van der Waals surface area contributed by atoms with E-state index in [1.807, 2.05) is 24.3 Å². The minimum atomic E-state index is -0.680. The summed E-state index contributed by atoms with van der Waals surface area (Å²) in [7, 11) is 2.68. The SMILES string of the molecule is COC(=O)[C@H]1CCc2oc3c(sc4ccccc43)c2[C@H]1C(=O)OC. The molecule has 4 rings (SSSR count). The summed E-state index contributed by atoms with van der Waals surface area (Å²) in [4.78, 5) is 24.6. The van der Waals surface area contributed by atoms with Crippen molar-refractivity contribution < 1.29 is 23.5 Å². The van der Waals surface area contributed by atoms with Crippen LogP contribution in [0.5, 0.6) is 0 Å². The average Bonchev–Trinajstić information content (AvgIpc) is 3.15. The Morgan fingerprint density at radius 3 is 2.67 bits per heavy atom. The molecule has 0 aliphatic heterocycles. The highest BCUT2D eigenvalue weighted by Gasteiger charge is 2.44. The summed E-state index contributed by atoms with van der Waals surface area (Å²) in [6.07, 6.45) is 1.12. The van der Waals surface area contributed by atoms with Crippen molar-refractivity contribution in [1.82, 2.24) is 0 Å². The molecular weight excluding hydrogens is 328 g/mol. The number of aryl methyl sites for hydroxylation is 1. The molecule has 0 saturated carbocycles. The van der Waals surface area contributed by atoms with Crippen LogP contribution in [-0.4, -0.2) is 26.2 Å². The molecule has 1 aliphatic carbocycles.